The van der Waals surface area contributed by atoms with Crippen LogP contribution in [-0.4, -0.2) is 40.7 Å². The molecule has 3 rings (SSSR count). The summed E-state index contributed by atoms with van der Waals surface area (Å²) < 4.78 is 5.20. The molecule has 7 heteroatoms. The third kappa shape index (κ3) is 3.51. The Labute approximate surface area is 162 Å². The molecule has 0 unspecified atom stereocenters. The van der Waals surface area contributed by atoms with Gasteiger partial charge in [-0.25, -0.2) is 4.79 Å². The lowest BCUT2D eigenvalue weighted by Crippen LogP contribution is -2.45. The van der Waals surface area contributed by atoms with Crippen LogP contribution in [0.25, 0.3) is 0 Å². The predicted molar refractivity (Wildman–Crippen MR) is 102 cm³/mol. The smallest absolute Gasteiger partial charge is 0.329 e. The number of fused-ring (bicyclic) bond motifs is 1. The average Bonchev–Trinajstić information content (AvgIpc) is 2.93. The van der Waals surface area contributed by atoms with Crippen molar-refractivity contribution in [1.29, 1.82) is 0 Å². The first-order chi connectivity index (χ1) is 13.3. The van der Waals surface area contributed by atoms with Crippen molar-refractivity contribution >= 4 is 29.4 Å². The van der Waals surface area contributed by atoms with Crippen LogP contribution in [0.15, 0.2) is 48.5 Å². The third-order valence-corrected chi connectivity index (χ3v) is 4.62. The molecule has 0 saturated heterocycles. The molecule has 2 aromatic carbocycles. The number of imide groups is 1. The Morgan fingerprint density at radius 1 is 0.929 bits per heavy atom. The molecular formula is C21H20N2O5. The van der Waals surface area contributed by atoms with Gasteiger partial charge in [-0.15, -0.1) is 0 Å². The molecule has 3 amide bonds. The normalized spacial score (nSPS) is 15.0. The highest BCUT2D eigenvalue weighted by atomic mass is 16.5. The van der Waals surface area contributed by atoms with Crippen LogP contribution in [0.4, 0.5) is 5.69 Å². The molecule has 0 aliphatic carbocycles. The van der Waals surface area contributed by atoms with Crippen molar-refractivity contribution in [3.8, 4) is 0 Å². The maximum Gasteiger partial charge on any atom is 0.329 e. The first-order valence-corrected chi connectivity index (χ1v) is 8.85. The van der Waals surface area contributed by atoms with Crippen molar-refractivity contribution in [3.05, 3.63) is 65.2 Å². The maximum absolute atomic E-state index is 12.5. The second-order valence-electron chi connectivity index (χ2n) is 6.59. The van der Waals surface area contributed by atoms with Crippen LogP contribution >= 0.6 is 0 Å². The Balaban J connectivity index is 1.66. The molecular weight excluding hydrogens is 360 g/mol. The molecule has 2 atom stereocenters. The lowest BCUT2D eigenvalue weighted by Gasteiger charge is -2.23. The number of amides is 3. The molecule has 0 fully saturated rings. The Morgan fingerprint density at radius 3 is 2.04 bits per heavy atom. The number of hydrogen-bond acceptors (Lipinski definition) is 5. The van der Waals surface area contributed by atoms with E-state index in [-0.39, 0.29) is 11.1 Å². The minimum Gasteiger partial charge on any atom is -0.451 e. The SMILES string of the molecule is Cc1ccccc1NC(=O)[C@H](C)OC(=O)[C@@H](C)N1C(=O)c2ccccc2C1=O. The van der Waals surface area contributed by atoms with E-state index in [9.17, 15) is 19.2 Å². The number of hydrogen-bond donors (Lipinski definition) is 1. The summed E-state index contributed by atoms with van der Waals surface area (Å²) in [5, 5.41) is 2.69. The van der Waals surface area contributed by atoms with Crippen molar-refractivity contribution in [2.24, 2.45) is 0 Å². The van der Waals surface area contributed by atoms with Crippen LogP contribution in [0, 0.1) is 6.92 Å². The second-order valence-corrected chi connectivity index (χ2v) is 6.59. The van der Waals surface area contributed by atoms with Crippen LogP contribution in [0.3, 0.4) is 0 Å². The van der Waals surface area contributed by atoms with E-state index >= 15 is 0 Å². The number of benzene rings is 2. The van der Waals surface area contributed by atoms with Gasteiger partial charge in [0.05, 0.1) is 11.1 Å². The van der Waals surface area contributed by atoms with Crippen molar-refractivity contribution < 1.29 is 23.9 Å². The van der Waals surface area contributed by atoms with Crippen LogP contribution in [0.2, 0.25) is 0 Å². The molecule has 1 aliphatic heterocycles. The zero-order chi connectivity index (χ0) is 20.4. The number of ether oxygens (including phenoxy) is 1. The van der Waals surface area contributed by atoms with Gasteiger partial charge >= 0.3 is 5.97 Å². The largest absolute Gasteiger partial charge is 0.451 e. The molecule has 28 heavy (non-hydrogen) atoms. The highest BCUT2D eigenvalue weighted by molar-refractivity contribution is 6.22. The summed E-state index contributed by atoms with van der Waals surface area (Å²) in [5.74, 6) is -2.44. The zero-order valence-electron chi connectivity index (χ0n) is 15.8. The second kappa shape index (κ2) is 7.64. The van der Waals surface area contributed by atoms with Gasteiger partial charge in [0, 0.05) is 5.69 Å². The summed E-state index contributed by atoms with van der Waals surface area (Å²) in [6, 6.07) is 12.4. The van der Waals surface area contributed by atoms with Gasteiger partial charge in [0.25, 0.3) is 17.7 Å². The van der Waals surface area contributed by atoms with E-state index in [4.69, 9.17) is 4.74 Å². The van der Waals surface area contributed by atoms with Crippen LogP contribution in [0.5, 0.6) is 0 Å². The van der Waals surface area contributed by atoms with E-state index in [1.165, 1.54) is 26.0 Å². The molecule has 7 nitrogen and oxygen atoms in total. The molecule has 2 aromatic rings. The van der Waals surface area contributed by atoms with E-state index in [1.807, 2.05) is 19.1 Å². The van der Waals surface area contributed by atoms with E-state index in [2.05, 4.69) is 5.32 Å². The summed E-state index contributed by atoms with van der Waals surface area (Å²) in [7, 11) is 0. The predicted octanol–water partition coefficient (Wildman–Crippen LogP) is 2.55. The summed E-state index contributed by atoms with van der Waals surface area (Å²) >= 11 is 0. The minimum atomic E-state index is -1.15. The maximum atomic E-state index is 12.5. The van der Waals surface area contributed by atoms with Crippen molar-refractivity contribution in [1.82, 2.24) is 4.90 Å². The Morgan fingerprint density at radius 2 is 1.46 bits per heavy atom. The molecule has 0 aromatic heterocycles. The molecule has 0 radical (unpaired) electrons. The molecule has 0 spiro atoms. The van der Waals surface area contributed by atoms with Gasteiger partial charge in [-0.05, 0) is 44.5 Å². The highest BCUT2D eigenvalue weighted by Crippen LogP contribution is 2.25. The number of nitrogens with one attached hydrogen (secondary N) is 1. The standard InChI is InChI=1S/C21H20N2O5/c1-12-8-4-7-11-17(12)22-18(24)14(3)28-21(27)13(2)23-19(25)15-9-5-6-10-16(15)20(23)26/h4-11,13-14H,1-3H3,(H,22,24)/t13-,14+/m1/s1. The number of rotatable bonds is 5. The molecule has 1 aliphatic rings. The van der Waals surface area contributed by atoms with Crippen molar-refractivity contribution in [2.75, 3.05) is 5.32 Å². The molecule has 1 heterocycles. The monoisotopic (exact) mass is 380 g/mol. The minimum absolute atomic E-state index is 0.248. The third-order valence-electron chi connectivity index (χ3n) is 4.62. The zero-order valence-corrected chi connectivity index (χ0v) is 15.8. The number of para-hydroxylation sites is 1. The summed E-state index contributed by atoms with van der Waals surface area (Å²) in [4.78, 5) is 50.6. The fourth-order valence-corrected chi connectivity index (χ4v) is 2.94. The Hall–Kier alpha value is -3.48. The number of aryl methyl sites for hydroxylation is 1. The lowest BCUT2D eigenvalue weighted by molar-refractivity contribution is -0.156. The lowest BCUT2D eigenvalue weighted by atomic mass is 10.1. The van der Waals surface area contributed by atoms with Crippen LogP contribution in [-0.2, 0) is 14.3 Å². The first-order valence-electron chi connectivity index (χ1n) is 8.85. The van der Waals surface area contributed by atoms with Gasteiger partial charge in [0.15, 0.2) is 6.10 Å². The van der Waals surface area contributed by atoms with Gasteiger partial charge in [-0.1, -0.05) is 30.3 Å². The molecule has 144 valence electrons. The van der Waals surface area contributed by atoms with Crippen LogP contribution < -0.4 is 5.32 Å². The first kappa shape index (κ1) is 19.3. The van der Waals surface area contributed by atoms with E-state index in [0.29, 0.717) is 5.69 Å². The van der Waals surface area contributed by atoms with E-state index in [1.54, 1.807) is 24.3 Å². The summed E-state index contributed by atoms with van der Waals surface area (Å²) in [6.07, 6.45) is -1.09. The van der Waals surface area contributed by atoms with Crippen molar-refractivity contribution in [2.45, 2.75) is 32.9 Å². The van der Waals surface area contributed by atoms with Crippen LogP contribution in [0.1, 0.15) is 40.1 Å². The van der Waals surface area contributed by atoms with Gasteiger partial charge in [-0.3, -0.25) is 19.3 Å². The topological polar surface area (TPSA) is 92.8 Å². The van der Waals surface area contributed by atoms with Gasteiger partial charge in [0.2, 0.25) is 0 Å². The van der Waals surface area contributed by atoms with E-state index < -0.39 is 35.8 Å². The highest BCUT2D eigenvalue weighted by Gasteiger charge is 2.41. The van der Waals surface area contributed by atoms with Crippen molar-refractivity contribution in [3.63, 3.8) is 0 Å². The molecule has 0 saturated carbocycles. The summed E-state index contributed by atoms with van der Waals surface area (Å²) in [6.45, 7) is 4.67. The Kier molecular flexibility index (Phi) is 5.26. The number of anilines is 1. The average molecular weight is 380 g/mol. The number of esters is 1. The van der Waals surface area contributed by atoms with Gasteiger partial charge in [-0.2, -0.15) is 0 Å². The van der Waals surface area contributed by atoms with Gasteiger partial charge in [0.1, 0.15) is 6.04 Å². The number of carbonyl (C=O) groups is 4. The summed E-state index contributed by atoms with van der Waals surface area (Å²) in [5.41, 5.74) is 1.98. The Bertz CT molecular complexity index is 934. The number of nitrogens with zero attached hydrogens (tertiary/aromatic N) is 1. The quantitative estimate of drug-likeness (QED) is 0.636. The fraction of sp³-hybridized carbons (Fsp3) is 0.238. The number of carbonyl (C=O) groups excluding carboxylic acids is 4. The molecule has 0 bridgehead atoms. The fourth-order valence-electron chi connectivity index (χ4n) is 2.94. The van der Waals surface area contributed by atoms with E-state index in [0.717, 1.165) is 10.5 Å². The van der Waals surface area contributed by atoms with Gasteiger partial charge < -0.3 is 10.1 Å². The molecule has 1 N–H and O–H groups in total.